The van der Waals surface area contributed by atoms with Crippen molar-refractivity contribution < 1.29 is 14.3 Å². The van der Waals surface area contributed by atoms with Crippen LogP contribution in [-0.2, 0) is 27.2 Å². The van der Waals surface area contributed by atoms with E-state index in [9.17, 15) is 4.79 Å². The number of carbonyl (C=O) groups excluding carboxylic acids is 1. The summed E-state index contributed by atoms with van der Waals surface area (Å²) >= 11 is 0. The van der Waals surface area contributed by atoms with E-state index in [2.05, 4.69) is 33.8 Å². The van der Waals surface area contributed by atoms with E-state index in [1.54, 1.807) is 0 Å². The van der Waals surface area contributed by atoms with E-state index in [1.807, 2.05) is 17.9 Å². The number of ether oxygens (including phenoxy) is 2. The molecule has 30 heavy (non-hydrogen) atoms. The molecule has 1 amide bonds. The van der Waals surface area contributed by atoms with Crippen LogP contribution in [0, 0.1) is 5.92 Å². The standard InChI is InChI=1S/C23H36N4O3/c1-2-24-23(25-11-5-13-30-18-19-9-14-29-15-10-19)26-16-22(28)27-12-8-20-6-3-4-7-21(20)17-27/h3-4,6-7,19H,2,5,8-18H2,1H3,(H2,24,25,26). The summed E-state index contributed by atoms with van der Waals surface area (Å²) in [7, 11) is 0. The monoisotopic (exact) mass is 416 g/mol. The molecule has 1 fully saturated rings. The fourth-order valence-corrected chi connectivity index (χ4v) is 3.84. The Morgan fingerprint density at radius 1 is 1.23 bits per heavy atom. The minimum atomic E-state index is 0.0708. The summed E-state index contributed by atoms with van der Waals surface area (Å²) in [5.74, 6) is 1.40. The lowest BCUT2D eigenvalue weighted by atomic mass is 10.00. The number of benzene rings is 1. The number of aliphatic imine (C=N–C) groups is 1. The number of fused-ring (bicyclic) bond motifs is 1. The molecule has 7 heteroatoms. The van der Waals surface area contributed by atoms with Gasteiger partial charge in [0.1, 0.15) is 6.54 Å². The van der Waals surface area contributed by atoms with Crippen molar-refractivity contribution in [2.24, 2.45) is 10.9 Å². The van der Waals surface area contributed by atoms with Crippen LogP contribution in [-0.4, -0.2) is 69.4 Å². The number of hydrogen-bond acceptors (Lipinski definition) is 4. The van der Waals surface area contributed by atoms with Gasteiger partial charge in [-0.05, 0) is 49.7 Å². The van der Waals surface area contributed by atoms with Crippen molar-refractivity contribution in [1.82, 2.24) is 15.5 Å². The maximum atomic E-state index is 12.6. The molecular weight excluding hydrogens is 380 g/mol. The molecule has 0 spiro atoms. The van der Waals surface area contributed by atoms with Crippen molar-refractivity contribution >= 4 is 11.9 Å². The lowest BCUT2D eigenvalue weighted by Gasteiger charge is -2.28. The van der Waals surface area contributed by atoms with Crippen LogP contribution in [0.3, 0.4) is 0 Å². The first-order valence-corrected chi connectivity index (χ1v) is 11.3. The highest BCUT2D eigenvalue weighted by molar-refractivity contribution is 5.85. The Bertz CT molecular complexity index is 689. The molecular formula is C23H36N4O3. The first kappa shape index (κ1) is 22.6. The molecule has 0 atom stereocenters. The number of amides is 1. The van der Waals surface area contributed by atoms with Crippen LogP contribution in [0.15, 0.2) is 29.3 Å². The van der Waals surface area contributed by atoms with Crippen LogP contribution >= 0.6 is 0 Å². The van der Waals surface area contributed by atoms with Gasteiger partial charge in [-0.3, -0.25) is 4.79 Å². The number of rotatable bonds is 9. The van der Waals surface area contributed by atoms with Gasteiger partial charge >= 0.3 is 0 Å². The zero-order chi connectivity index (χ0) is 21.0. The molecule has 0 aromatic heterocycles. The average Bonchev–Trinajstić information content (AvgIpc) is 2.79. The molecule has 1 saturated heterocycles. The summed E-state index contributed by atoms with van der Waals surface area (Å²) in [6, 6.07) is 8.35. The Hall–Kier alpha value is -2.12. The van der Waals surface area contributed by atoms with Gasteiger partial charge in [0.05, 0.1) is 0 Å². The fraction of sp³-hybridized carbons (Fsp3) is 0.652. The number of carbonyl (C=O) groups is 1. The highest BCUT2D eigenvalue weighted by atomic mass is 16.5. The molecule has 166 valence electrons. The normalized spacial score (nSPS) is 17.5. The molecule has 0 radical (unpaired) electrons. The SMILES string of the molecule is CCNC(=NCC(=O)N1CCc2ccccc2C1)NCCCOCC1CCOCC1. The van der Waals surface area contributed by atoms with Crippen LogP contribution in [0.5, 0.6) is 0 Å². The number of guanidine groups is 1. The molecule has 2 aliphatic heterocycles. The fourth-order valence-electron chi connectivity index (χ4n) is 3.84. The smallest absolute Gasteiger partial charge is 0.244 e. The third kappa shape index (κ3) is 7.29. The zero-order valence-electron chi connectivity index (χ0n) is 18.2. The van der Waals surface area contributed by atoms with Crippen molar-refractivity contribution in [3.63, 3.8) is 0 Å². The molecule has 7 nitrogen and oxygen atoms in total. The average molecular weight is 417 g/mol. The van der Waals surface area contributed by atoms with Gasteiger partial charge in [-0.25, -0.2) is 4.99 Å². The van der Waals surface area contributed by atoms with E-state index in [4.69, 9.17) is 9.47 Å². The lowest BCUT2D eigenvalue weighted by Crippen LogP contribution is -2.41. The summed E-state index contributed by atoms with van der Waals surface area (Å²) in [5, 5.41) is 6.51. The highest BCUT2D eigenvalue weighted by Crippen LogP contribution is 2.18. The largest absolute Gasteiger partial charge is 0.381 e. The van der Waals surface area contributed by atoms with Crippen LogP contribution < -0.4 is 10.6 Å². The molecule has 3 rings (SSSR count). The highest BCUT2D eigenvalue weighted by Gasteiger charge is 2.20. The number of hydrogen-bond donors (Lipinski definition) is 2. The van der Waals surface area contributed by atoms with Crippen LogP contribution in [0.2, 0.25) is 0 Å². The van der Waals surface area contributed by atoms with E-state index in [-0.39, 0.29) is 12.5 Å². The summed E-state index contributed by atoms with van der Waals surface area (Å²) in [6.07, 6.45) is 4.03. The van der Waals surface area contributed by atoms with E-state index < -0.39 is 0 Å². The first-order chi connectivity index (χ1) is 14.8. The second-order valence-corrected chi connectivity index (χ2v) is 7.94. The zero-order valence-corrected chi connectivity index (χ0v) is 18.2. The predicted octanol–water partition coefficient (Wildman–Crippen LogP) is 1.96. The van der Waals surface area contributed by atoms with Gasteiger partial charge in [0.2, 0.25) is 5.91 Å². The lowest BCUT2D eigenvalue weighted by molar-refractivity contribution is -0.130. The van der Waals surface area contributed by atoms with Gasteiger partial charge in [-0.15, -0.1) is 0 Å². The van der Waals surface area contributed by atoms with E-state index in [1.165, 1.54) is 11.1 Å². The molecule has 0 saturated carbocycles. The van der Waals surface area contributed by atoms with Crippen LogP contribution in [0.4, 0.5) is 0 Å². The Kier molecular flexibility index (Phi) is 9.44. The van der Waals surface area contributed by atoms with Crippen molar-refractivity contribution in [2.45, 2.75) is 39.2 Å². The Labute approximate surface area is 180 Å². The molecule has 0 bridgehead atoms. The van der Waals surface area contributed by atoms with Gasteiger partial charge in [0, 0.05) is 52.6 Å². The minimum Gasteiger partial charge on any atom is -0.381 e. The van der Waals surface area contributed by atoms with Crippen molar-refractivity contribution in [2.75, 3.05) is 52.6 Å². The van der Waals surface area contributed by atoms with Gasteiger partial charge in [-0.2, -0.15) is 0 Å². The second kappa shape index (κ2) is 12.5. The van der Waals surface area contributed by atoms with Gasteiger partial charge < -0.3 is 25.0 Å². The number of nitrogens with zero attached hydrogens (tertiary/aromatic N) is 2. The Morgan fingerprint density at radius 3 is 2.83 bits per heavy atom. The van der Waals surface area contributed by atoms with E-state index in [0.29, 0.717) is 18.4 Å². The van der Waals surface area contributed by atoms with Gasteiger partial charge in [0.25, 0.3) is 0 Å². The molecule has 0 unspecified atom stereocenters. The Balaban J connectivity index is 1.35. The van der Waals surface area contributed by atoms with E-state index >= 15 is 0 Å². The van der Waals surface area contributed by atoms with Gasteiger partial charge in [0.15, 0.2) is 5.96 Å². The summed E-state index contributed by atoms with van der Waals surface area (Å²) in [6.45, 7) is 8.44. The van der Waals surface area contributed by atoms with Crippen LogP contribution in [0.25, 0.3) is 0 Å². The maximum absolute atomic E-state index is 12.6. The molecule has 2 aliphatic rings. The third-order valence-electron chi connectivity index (χ3n) is 5.65. The summed E-state index contributed by atoms with van der Waals surface area (Å²) in [5.41, 5.74) is 2.59. The summed E-state index contributed by atoms with van der Waals surface area (Å²) < 4.78 is 11.2. The quantitative estimate of drug-likeness (QED) is 0.366. The first-order valence-electron chi connectivity index (χ1n) is 11.3. The molecule has 1 aromatic rings. The molecule has 2 heterocycles. The van der Waals surface area contributed by atoms with Crippen molar-refractivity contribution in [3.05, 3.63) is 35.4 Å². The Morgan fingerprint density at radius 2 is 2.03 bits per heavy atom. The summed E-state index contributed by atoms with van der Waals surface area (Å²) in [4.78, 5) is 19.0. The van der Waals surface area contributed by atoms with E-state index in [0.717, 1.165) is 71.7 Å². The van der Waals surface area contributed by atoms with Crippen molar-refractivity contribution in [1.29, 1.82) is 0 Å². The molecule has 1 aromatic carbocycles. The minimum absolute atomic E-state index is 0.0708. The topological polar surface area (TPSA) is 75.2 Å². The van der Waals surface area contributed by atoms with Gasteiger partial charge in [-0.1, -0.05) is 24.3 Å². The van der Waals surface area contributed by atoms with Crippen LogP contribution in [0.1, 0.15) is 37.3 Å². The number of nitrogens with one attached hydrogen (secondary N) is 2. The molecule has 2 N–H and O–H groups in total. The maximum Gasteiger partial charge on any atom is 0.244 e. The predicted molar refractivity (Wildman–Crippen MR) is 119 cm³/mol. The second-order valence-electron chi connectivity index (χ2n) is 7.94. The molecule has 0 aliphatic carbocycles. The third-order valence-corrected chi connectivity index (χ3v) is 5.65. The van der Waals surface area contributed by atoms with Crippen molar-refractivity contribution in [3.8, 4) is 0 Å².